The van der Waals surface area contributed by atoms with Gasteiger partial charge in [0.1, 0.15) is 6.04 Å². The summed E-state index contributed by atoms with van der Waals surface area (Å²) >= 11 is 0. The van der Waals surface area contributed by atoms with Gasteiger partial charge in [0.2, 0.25) is 0 Å². The zero-order valence-electron chi connectivity index (χ0n) is 11.8. The molecule has 0 aromatic carbocycles. The van der Waals surface area contributed by atoms with Crippen LogP contribution in [0.25, 0.3) is 0 Å². The maximum atomic E-state index is 12.2. The van der Waals surface area contributed by atoms with E-state index in [4.69, 9.17) is 5.11 Å². The molecule has 2 heterocycles. The number of rotatable bonds is 4. The third-order valence-corrected chi connectivity index (χ3v) is 3.76. The molecule has 110 valence electrons. The molecule has 7 nitrogen and oxygen atoms in total. The highest BCUT2D eigenvalue weighted by molar-refractivity contribution is 5.72. The number of aromatic nitrogens is 2. The van der Waals surface area contributed by atoms with Crippen LogP contribution in [-0.4, -0.2) is 57.7 Å². The summed E-state index contributed by atoms with van der Waals surface area (Å²) in [5.41, 5.74) is -0.0882. The summed E-state index contributed by atoms with van der Waals surface area (Å²) in [6, 6.07) is -0.492. The van der Waals surface area contributed by atoms with Crippen molar-refractivity contribution in [1.29, 1.82) is 0 Å². The van der Waals surface area contributed by atoms with Crippen LogP contribution in [0.5, 0.6) is 0 Å². The van der Waals surface area contributed by atoms with E-state index in [-0.39, 0.29) is 5.56 Å². The second-order valence-corrected chi connectivity index (χ2v) is 4.88. The molecule has 1 aliphatic rings. The second kappa shape index (κ2) is 6.04. The van der Waals surface area contributed by atoms with Gasteiger partial charge >= 0.3 is 5.97 Å². The van der Waals surface area contributed by atoms with Gasteiger partial charge in [-0.15, -0.1) is 0 Å². The van der Waals surface area contributed by atoms with Crippen LogP contribution in [0.1, 0.15) is 13.8 Å². The number of anilines is 1. The molecular formula is C13H20N4O3. The molecule has 1 atom stereocenters. The molecule has 0 saturated carbocycles. The first kappa shape index (κ1) is 14.5. The van der Waals surface area contributed by atoms with E-state index in [0.29, 0.717) is 38.5 Å². The van der Waals surface area contributed by atoms with Gasteiger partial charge in [-0.1, -0.05) is 0 Å². The Hall–Kier alpha value is -1.89. The van der Waals surface area contributed by atoms with Crippen LogP contribution < -0.4 is 10.5 Å². The predicted octanol–water partition coefficient (Wildman–Crippen LogP) is -0.142. The summed E-state index contributed by atoms with van der Waals surface area (Å²) in [5, 5.41) is 9.01. The van der Waals surface area contributed by atoms with Crippen molar-refractivity contribution in [3.63, 3.8) is 0 Å². The van der Waals surface area contributed by atoms with Crippen molar-refractivity contribution >= 4 is 11.8 Å². The number of hydrogen-bond donors (Lipinski definition) is 1. The standard InChI is InChI=1S/C13H20N4O3/c1-3-15-5-4-14-11(12(15)18)17-8-6-16(7-9-17)10(2)13(19)20/h4-5,10H,3,6-9H2,1-2H3,(H,19,20). The Labute approximate surface area is 117 Å². The molecule has 0 aliphatic carbocycles. The number of hydrogen-bond acceptors (Lipinski definition) is 5. The lowest BCUT2D eigenvalue weighted by molar-refractivity contribution is -0.142. The highest BCUT2D eigenvalue weighted by atomic mass is 16.4. The molecule has 7 heteroatoms. The summed E-state index contributed by atoms with van der Waals surface area (Å²) in [7, 11) is 0. The topological polar surface area (TPSA) is 78.7 Å². The van der Waals surface area contributed by atoms with Crippen molar-refractivity contribution < 1.29 is 9.90 Å². The number of aryl methyl sites for hydroxylation is 1. The summed E-state index contributed by atoms with van der Waals surface area (Å²) in [6.07, 6.45) is 3.31. The van der Waals surface area contributed by atoms with Crippen molar-refractivity contribution in [2.45, 2.75) is 26.4 Å². The zero-order valence-corrected chi connectivity index (χ0v) is 11.8. The summed E-state index contributed by atoms with van der Waals surface area (Å²) in [5.74, 6) is -0.360. The molecule has 20 heavy (non-hydrogen) atoms. The Morgan fingerprint density at radius 1 is 1.40 bits per heavy atom. The summed E-state index contributed by atoms with van der Waals surface area (Å²) < 4.78 is 1.62. The fourth-order valence-electron chi connectivity index (χ4n) is 2.38. The molecule has 1 saturated heterocycles. The third kappa shape index (κ3) is 2.82. The average Bonchev–Trinajstić information content (AvgIpc) is 2.47. The Bertz CT molecular complexity index is 535. The van der Waals surface area contributed by atoms with E-state index < -0.39 is 12.0 Å². The van der Waals surface area contributed by atoms with Crippen LogP contribution in [0.4, 0.5) is 5.82 Å². The maximum Gasteiger partial charge on any atom is 0.320 e. The quantitative estimate of drug-likeness (QED) is 0.827. The van der Waals surface area contributed by atoms with Crippen LogP contribution in [0.3, 0.4) is 0 Å². The average molecular weight is 280 g/mol. The minimum absolute atomic E-state index is 0.0882. The molecule has 1 fully saturated rings. The lowest BCUT2D eigenvalue weighted by atomic mass is 10.2. The van der Waals surface area contributed by atoms with Gasteiger partial charge in [-0.3, -0.25) is 14.5 Å². The van der Waals surface area contributed by atoms with Gasteiger partial charge in [-0.05, 0) is 13.8 Å². The lowest BCUT2D eigenvalue weighted by Crippen LogP contribution is -2.53. The normalized spacial score (nSPS) is 18.0. The number of aliphatic carboxylic acids is 1. The van der Waals surface area contributed by atoms with Gasteiger partial charge in [0.15, 0.2) is 5.82 Å². The van der Waals surface area contributed by atoms with Crippen molar-refractivity contribution in [1.82, 2.24) is 14.5 Å². The fourth-order valence-corrected chi connectivity index (χ4v) is 2.38. The Morgan fingerprint density at radius 3 is 2.60 bits per heavy atom. The Kier molecular flexibility index (Phi) is 4.39. The van der Waals surface area contributed by atoms with E-state index in [1.54, 1.807) is 23.9 Å². The zero-order chi connectivity index (χ0) is 14.7. The SMILES string of the molecule is CCn1ccnc(N2CCN(C(C)C(=O)O)CC2)c1=O. The van der Waals surface area contributed by atoms with Crippen LogP contribution in [0.15, 0.2) is 17.2 Å². The van der Waals surface area contributed by atoms with Crippen molar-refractivity contribution in [2.75, 3.05) is 31.1 Å². The monoisotopic (exact) mass is 280 g/mol. The number of carbonyl (C=O) groups is 1. The first-order valence-electron chi connectivity index (χ1n) is 6.81. The largest absolute Gasteiger partial charge is 0.480 e. The fraction of sp³-hybridized carbons (Fsp3) is 0.615. The first-order chi connectivity index (χ1) is 9.54. The number of carboxylic acids is 1. The van der Waals surface area contributed by atoms with E-state index in [2.05, 4.69) is 4.98 Å². The Balaban J connectivity index is 2.08. The summed E-state index contributed by atoms with van der Waals surface area (Å²) in [6.45, 7) is 6.69. The Morgan fingerprint density at radius 2 is 2.05 bits per heavy atom. The van der Waals surface area contributed by atoms with Crippen LogP contribution >= 0.6 is 0 Å². The molecule has 0 amide bonds. The van der Waals surface area contributed by atoms with Crippen LogP contribution in [0.2, 0.25) is 0 Å². The van der Waals surface area contributed by atoms with E-state index in [1.165, 1.54) is 0 Å². The predicted molar refractivity (Wildman–Crippen MR) is 75.1 cm³/mol. The molecule has 0 bridgehead atoms. The van der Waals surface area contributed by atoms with Gasteiger partial charge in [-0.2, -0.15) is 0 Å². The number of carboxylic acid groups (broad SMARTS) is 1. The molecular weight excluding hydrogens is 260 g/mol. The van der Waals surface area contributed by atoms with Crippen molar-refractivity contribution in [3.05, 3.63) is 22.7 Å². The molecule has 0 spiro atoms. The smallest absolute Gasteiger partial charge is 0.320 e. The lowest BCUT2D eigenvalue weighted by Gasteiger charge is -2.36. The van der Waals surface area contributed by atoms with Gasteiger partial charge in [0.25, 0.3) is 5.56 Å². The van der Waals surface area contributed by atoms with Crippen molar-refractivity contribution in [2.24, 2.45) is 0 Å². The highest BCUT2D eigenvalue weighted by Gasteiger charge is 2.26. The molecule has 0 radical (unpaired) electrons. The maximum absolute atomic E-state index is 12.2. The van der Waals surface area contributed by atoms with Gasteiger partial charge in [0, 0.05) is 45.1 Å². The first-order valence-corrected chi connectivity index (χ1v) is 6.81. The summed E-state index contributed by atoms with van der Waals surface area (Å²) in [4.78, 5) is 31.1. The van der Waals surface area contributed by atoms with Gasteiger partial charge < -0.3 is 14.6 Å². The highest BCUT2D eigenvalue weighted by Crippen LogP contribution is 2.11. The van der Waals surface area contributed by atoms with Gasteiger partial charge in [-0.25, -0.2) is 4.98 Å². The minimum atomic E-state index is -0.815. The molecule has 2 rings (SSSR count). The van der Waals surface area contributed by atoms with E-state index in [9.17, 15) is 9.59 Å². The van der Waals surface area contributed by atoms with Gasteiger partial charge in [0.05, 0.1) is 0 Å². The second-order valence-electron chi connectivity index (χ2n) is 4.88. The number of piperazine rings is 1. The molecule has 1 aromatic heterocycles. The van der Waals surface area contributed by atoms with E-state index in [0.717, 1.165) is 0 Å². The van der Waals surface area contributed by atoms with Crippen LogP contribution in [0, 0.1) is 0 Å². The molecule has 1 N–H and O–H groups in total. The van der Waals surface area contributed by atoms with Crippen molar-refractivity contribution in [3.8, 4) is 0 Å². The number of nitrogens with zero attached hydrogens (tertiary/aromatic N) is 4. The minimum Gasteiger partial charge on any atom is -0.480 e. The molecule has 1 aliphatic heterocycles. The van der Waals surface area contributed by atoms with E-state index >= 15 is 0 Å². The van der Waals surface area contributed by atoms with Crippen LogP contribution in [-0.2, 0) is 11.3 Å². The molecule has 1 unspecified atom stereocenters. The van der Waals surface area contributed by atoms with E-state index in [1.807, 2.05) is 16.7 Å². The third-order valence-electron chi connectivity index (χ3n) is 3.76. The molecule has 1 aromatic rings.